The smallest absolute Gasteiger partial charge is 0.242 e. The van der Waals surface area contributed by atoms with Crippen molar-refractivity contribution in [3.05, 3.63) is 27.7 Å². The second-order valence-electron chi connectivity index (χ2n) is 4.49. The number of unbranched alkanes of at least 4 members (excludes halogenated alkanes) is 3. The number of hydrogen-bond acceptors (Lipinski definition) is 3. The molecule has 4 nitrogen and oxygen atoms in total. The zero-order chi connectivity index (χ0) is 15.2. The highest BCUT2D eigenvalue weighted by Gasteiger charge is 2.19. The third kappa shape index (κ3) is 4.90. The van der Waals surface area contributed by atoms with Crippen LogP contribution in [-0.2, 0) is 16.6 Å². The molecule has 0 saturated carbocycles. The predicted molar refractivity (Wildman–Crippen MR) is 81.7 cm³/mol. The van der Waals surface area contributed by atoms with Crippen LogP contribution in [0.3, 0.4) is 0 Å². The third-order valence-electron chi connectivity index (χ3n) is 2.88. The Hall–Kier alpha value is -0.330. The van der Waals surface area contributed by atoms with Crippen LogP contribution in [0.2, 0.25) is 10.0 Å². The van der Waals surface area contributed by atoms with Gasteiger partial charge in [0, 0.05) is 11.6 Å². The molecule has 0 aliphatic rings. The van der Waals surface area contributed by atoms with Crippen LogP contribution in [0, 0.1) is 0 Å². The number of sulfonamides is 1. The lowest BCUT2D eigenvalue weighted by molar-refractivity contribution is 0.281. The quantitative estimate of drug-likeness (QED) is 0.713. The summed E-state index contributed by atoms with van der Waals surface area (Å²) in [5.41, 5.74) is 0.336. The zero-order valence-electron chi connectivity index (χ0n) is 11.3. The van der Waals surface area contributed by atoms with Crippen LogP contribution in [0.5, 0.6) is 0 Å². The maximum atomic E-state index is 12.1. The first-order valence-corrected chi connectivity index (χ1v) is 8.74. The van der Waals surface area contributed by atoms with Crippen LogP contribution < -0.4 is 4.72 Å². The molecule has 0 saturated heterocycles. The Kier molecular flexibility index (Phi) is 7.26. The van der Waals surface area contributed by atoms with E-state index in [9.17, 15) is 8.42 Å². The molecular weight excluding hydrogens is 321 g/mol. The van der Waals surface area contributed by atoms with Crippen LogP contribution >= 0.6 is 23.2 Å². The molecule has 0 radical (unpaired) electrons. The van der Waals surface area contributed by atoms with Crippen molar-refractivity contribution >= 4 is 33.2 Å². The van der Waals surface area contributed by atoms with Crippen molar-refractivity contribution in [3.63, 3.8) is 0 Å². The van der Waals surface area contributed by atoms with Gasteiger partial charge < -0.3 is 5.11 Å². The maximum absolute atomic E-state index is 12.1. The van der Waals surface area contributed by atoms with Gasteiger partial charge in [-0.1, -0.05) is 49.4 Å². The Balaban J connectivity index is 2.82. The van der Waals surface area contributed by atoms with Gasteiger partial charge in [-0.05, 0) is 24.1 Å². The Bertz CT molecular complexity index is 547. The molecule has 0 heterocycles. The van der Waals surface area contributed by atoms with E-state index in [2.05, 4.69) is 11.6 Å². The fraction of sp³-hybridized carbons (Fsp3) is 0.538. The van der Waals surface area contributed by atoms with Crippen molar-refractivity contribution in [1.29, 1.82) is 0 Å². The molecule has 1 aromatic carbocycles. The molecule has 0 aliphatic heterocycles. The predicted octanol–water partition coefficient (Wildman–Crippen LogP) is 3.34. The van der Waals surface area contributed by atoms with Crippen molar-refractivity contribution in [2.24, 2.45) is 0 Å². The number of aliphatic hydroxyl groups is 1. The van der Waals surface area contributed by atoms with Crippen molar-refractivity contribution in [1.82, 2.24) is 4.72 Å². The van der Waals surface area contributed by atoms with Gasteiger partial charge in [0.25, 0.3) is 0 Å². The van der Waals surface area contributed by atoms with Crippen molar-refractivity contribution < 1.29 is 13.5 Å². The molecule has 0 unspecified atom stereocenters. The second kappa shape index (κ2) is 8.20. The van der Waals surface area contributed by atoms with Crippen LogP contribution in [0.4, 0.5) is 0 Å². The number of hydrogen-bond donors (Lipinski definition) is 2. The molecule has 1 aromatic rings. The van der Waals surface area contributed by atoms with Crippen molar-refractivity contribution in [3.8, 4) is 0 Å². The molecule has 114 valence electrons. The van der Waals surface area contributed by atoms with Crippen molar-refractivity contribution in [2.75, 3.05) is 6.54 Å². The fourth-order valence-electron chi connectivity index (χ4n) is 1.73. The first kappa shape index (κ1) is 17.7. The average Bonchev–Trinajstić information content (AvgIpc) is 2.38. The molecule has 0 aromatic heterocycles. The first-order valence-electron chi connectivity index (χ1n) is 6.50. The number of aliphatic hydroxyl groups excluding tert-OH is 1. The Morgan fingerprint density at radius 2 is 1.85 bits per heavy atom. The zero-order valence-corrected chi connectivity index (χ0v) is 13.7. The van der Waals surface area contributed by atoms with Crippen LogP contribution in [0.25, 0.3) is 0 Å². The molecule has 1 rings (SSSR count). The van der Waals surface area contributed by atoms with Gasteiger partial charge in [-0.3, -0.25) is 0 Å². The second-order valence-corrected chi connectivity index (χ2v) is 7.04. The van der Waals surface area contributed by atoms with Gasteiger partial charge in [-0.2, -0.15) is 0 Å². The Labute approximate surface area is 130 Å². The topological polar surface area (TPSA) is 66.4 Å². The minimum Gasteiger partial charge on any atom is -0.392 e. The monoisotopic (exact) mass is 339 g/mol. The van der Waals surface area contributed by atoms with Crippen LogP contribution in [-0.4, -0.2) is 20.1 Å². The number of benzene rings is 1. The lowest BCUT2D eigenvalue weighted by atomic mass is 10.2. The molecular formula is C13H19Cl2NO3S. The molecule has 7 heteroatoms. The summed E-state index contributed by atoms with van der Waals surface area (Å²) in [7, 11) is -3.68. The number of nitrogens with one attached hydrogen (secondary N) is 1. The normalized spacial score (nSPS) is 11.8. The molecule has 0 aliphatic carbocycles. The highest BCUT2D eigenvalue weighted by molar-refractivity contribution is 7.89. The summed E-state index contributed by atoms with van der Waals surface area (Å²) in [6.07, 6.45) is 3.94. The van der Waals surface area contributed by atoms with E-state index in [0.29, 0.717) is 12.1 Å². The highest BCUT2D eigenvalue weighted by Crippen LogP contribution is 2.28. The van der Waals surface area contributed by atoms with E-state index in [0.717, 1.165) is 25.7 Å². The number of rotatable bonds is 8. The average molecular weight is 340 g/mol. The summed E-state index contributed by atoms with van der Waals surface area (Å²) in [5, 5.41) is 9.43. The summed E-state index contributed by atoms with van der Waals surface area (Å²) < 4.78 is 26.8. The van der Waals surface area contributed by atoms with Crippen LogP contribution in [0.1, 0.15) is 38.2 Å². The van der Waals surface area contributed by atoms with E-state index in [4.69, 9.17) is 28.3 Å². The van der Waals surface area contributed by atoms with E-state index in [-0.39, 0.29) is 21.5 Å². The summed E-state index contributed by atoms with van der Waals surface area (Å²) in [4.78, 5) is -0.0527. The molecule has 0 amide bonds. The van der Waals surface area contributed by atoms with Crippen LogP contribution in [0.15, 0.2) is 17.0 Å². The fourth-order valence-corrected chi connectivity index (χ4v) is 3.66. The summed E-state index contributed by atoms with van der Waals surface area (Å²) in [5.74, 6) is 0. The highest BCUT2D eigenvalue weighted by atomic mass is 35.5. The van der Waals surface area contributed by atoms with Gasteiger partial charge in [0.1, 0.15) is 4.90 Å². The number of halogens is 2. The lowest BCUT2D eigenvalue weighted by Crippen LogP contribution is -2.25. The van der Waals surface area contributed by atoms with Gasteiger partial charge >= 0.3 is 0 Å². The summed E-state index contributed by atoms with van der Waals surface area (Å²) >= 11 is 11.8. The maximum Gasteiger partial charge on any atom is 0.242 e. The first-order chi connectivity index (χ1) is 9.42. The van der Waals surface area contributed by atoms with E-state index < -0.39 is 10.0 Å². The Morgan fingerprint density at radius 3 is 2.45 bits per heavy atom. The SMILES string of the molecule is CCCCCCNS(=O)(=O)c1cc(CO)c(Cl)cc1Cl. The lowest BCUT2D eigenvalue weighted by Gasteiger charge is -2.10. The largest absolute Gasteiger partial charge is 0.392 e. The summed E-state index contributed by atoms with van der Waals surface area (Å²) in [6.45, 7) is 2.12. The summed E-state index contributed by atoms with van der Waals surface area (Å²) in [6, 6.07) is 2.64. The minimum absolute atomic E-state index is 0.0493. The van der Waals surface area contributed by atoms with Gasteiger partial charge in [0.15, 0.2) is 0 Å². The molecule has 0 fully saturated rings. The third-order valence-corrected chi connectivity index (χ3v) is 5.16. The van der Waals surface area contributed by atoms with E-state index in [1.54, 1.807) is 0 Å². The Morgan fingerprint density at radius 1 is 1.15 bits per heavy atom. The minimum atomic E-state index is -3.68. The van der Waals surface area contributed by atoms with Gasteiger partial charge in [0.05, 0.1) is 11.6 Å². The molecule has 20 heavy (non-hydrogen) atoms. The van der Waals surface area contributed by atoms with Gasteiger partial charge in [-0.25, -0.2) is 13.1 Å². The molecule has 0 atom stereocenters. The molecule has 0 spiro atoms. The molecule has 2 N–H and O–H groups in total. The van der Waals surface area contributed by atoms with E-state index >= 15 is 0 Å². The van der Waals surface area contributed by atoms with Gasteiger partial charge in [-0.15, -0.1) is 0 Å². The molecule has 0 bridgehead atoms. The van der Waals surface area contributed by atoms with Crippen molar-refractivity contribution in [2.45, 2.75) is 44.1 Å². The standard InChI is InChI=1S/C13H19Cl2NO3S/c1-2-3-4-5-6-16-20(18,19)13-7-10(9-17)11(14)8-12(13)15/h7-8,16-17H,2-6,9H2,1H3. The van der Waals surface area contributed by atoms with E-state index in [1.165, 1.54) is 12.1 Å². The van der Waals surface area contributed by atoms with E-state index in [1.807, 2.05) is 0 Å². The van der Waals surface area contributed by atoms with Gasteiger partial charge in [0.2, 0.25) is 10.0 Å².